The van der Waals surface area contributed by atoms with Gasteiger partial charge in [-0.15, -0.1) is 0 Å². The SMILES string of the molecule is CNc1cc2nc3c(cnn13)C(=O)N[C@H](C)COCc1cc(c(=O)n3c1CCC3)N2. The van der Waals surface area contributed by atoms with Gasteiger partial charge in [-0.1, -0.05) is 0 Å². The Morgan fingerprint density at radius 2 is 2.17 bits per heavy atom. The van der Waals surface area contributed by atoms with Crippen molar-refractivity contribution in [3.63, 3.8) is 0 Å². The Morgan fingerprint density at radius 3 is 3.00 bits per heavy atom. The van der Waals surface area contributed by atoms with Crippen molar-refractivity contribution in [1.82, 2.24) is 24.5 Å². The molecule has 10 heteroatoms. The average Bonchev–Trinajstić information content (AvgIpc) is 3.37. The lowest BCUT2D eigenvalue weighted by molar-refractivity contribution is 0.0819. The van der Waals surface area contributed by atoms with Crippen LogP contribution in [0.25, 0.3) is 5.65 Å². The Bertz CT molecular complexity index is 1210. The van der Waals surface area contributed by atoms with Crippen LogP contribution in [-0.2, 0) is 24.3 Å². The molecule has 0 aromatic carbocycles. The number of ether oxygens (including phenoxy) is 1. The zero-order valence-electron chi connectivity index (χ0n) is 16.9. The number of anilines is 3. The van der Waals surface area contributed by atoms with E-state index in [0.717, 1.165) is 24.1 Å². The number of hydrogen-bond donors (Lipinski definition) is 3. The first-order valence-electron chi connectivity index (χ1n) is 10.0. The summed E-state index contributed by atoms with van der Waals surface area (Å²) in [5.41, 5.74) is 3.11. The third-order valence-electron chi connectivity index (χ3n) is 5.52. The highest BCUT2D eigenvalue weighted by Gasteiger charge is 2.22. The zero-order chi connectivity index (χ0) is 20.8. The molecule has 3 N–H and O–H groups in total. The molecule has 3 aromatic rings. The number of nitrogens with zero attached hydrogens (tertiary/aromatic N) is 4. The Kier molecular flexibility index (Phi) is 4.43. The molecule has 0 spiro atoms. The molecular weight excluding hydrogens is 386 g/mol. The van der Waals surface area contributed by atoms with Gasteiger partial charge >= 0.3 is 0 Å². The summed E-state index contributed by atoms with van der Waals surface area (Å²) in [6.07, 6.45) is 3.28. The van der Waals surface area contributed by atoms with E-state index >= 15 is 0 Å². The van der Waals surface area contributed by atoms with Gasteiger partial charge < -0.3 is 25.3 Å². The fourth-order valence-corrected chi connectivity index (χ4v) is 4.10. The number of rotatable bonds is 1. The number of fused-ring (bicyclic) bond motifs is 5. The molecule has 30 heavy (non-hydrogen) atoms. The topological polar surface area (TPSA) is 115 Å². The summed E-state index contributed by atoms with van der Waals surface area (Å²) in [6, 6.07) is 3.42. The van der Waals surface area contributed by atoms with Gasteiger partial charge in [0.05, 0.1) is 19.4 Å². The summed E-state index contributed by atoms with van der Waals surface area (Å²) in [4.78, 5) is 30.4. The Balaban J connectivity index is 1.70. The van der Waals surface area contributed by atoms with Crippen LogP contribution in [0.15, 0.2) is 23.1 Å². The van der Waals surface area contributed by atoms with Crippen molar-refractivity contribution in [3.05, 3.63) is 45.5 Å². The highest BCUT2D eigenvalue weighted by molar-refractivity contribution is 6.00. The standard InChI is InChI=1S/C20H23N7O3/c1-11-9-30-10-12-6-14(20(29)26-5-3-4-15(12)26)24-16-7-17(21-2)27-18(25-16)13(8-22-27)19(28)23-11/h6-8,11,21H,3-5,9-10H2,1-2H3,(H,23,28)(H,24,25)/t11-/m1/s1. The molecule has 1 amide bonds. The van der Waals surface area contributed by atoms with Crippen molar-refractivity contribution in [2.75, 3.05) is 24.3 Å². The summed E-state index contributed by atoms with van der Waals surface area (Å²) in [7, 11) is 1.76. The predicted molar refractivity (Wildman–Crippen MR) is 111 cm³/mol. The normalized spacial score (nSPS) is 18.6. The van der Waals surface area contributed by atoms with Crippen LogP contribution in [0, 0.1) is 0 Å². The van der Waals surface area contributed by atoms with E-state index in [0.29, 0.717) is 48.3 Å². The van der Waals surface area contributed by atoms with E-state index in [4.69, 9.17) is 4.74 Å². The summed E-state index contributed by atoms with van der Waals surface area (Å²) in [5.74, 6) is 0.824. The molecule has 0 saturated heterocycles. The lowest BCUT2D eigenvalue weighted by atomic mass is 10.1. The fourth-order valence-electron chi connectivity index (χ4n) is 4.10. The van der Waals surface area contributed by atoms with E-state index in [-0.39, 0.29) is 17.5 Å². The van der Waals surface area contributed by atoms with E-state index in [9.17, 15) is 9.59 Å². The Morgan fingerprint density at radius 1 is 1.30 bits per heavy atom. The average molecular weight is 409 g/mol. The number of carbonyl (C=O) groups excluding carboxylic acids is 1. The van der Waals surface area contributed by atoms with Crippen LogP contribution in [0.5, 0.6) is 0 Å². The van der Waals surface area contributed by atoms with Gasteiger partial charge in [0.15, 0.2) is 5.65 Å². The number of nitrogens with one attached hydrogen (secondary N) is 3. The molecule has 2 aliphatic heterocycles. The molecule has 156 valence electrons. The first-order chi connectivity index (χ1) is 14.5. The number of amides is 1. The molecule has 1 atom stereocenters. The first-order valence-corrected chi connectivity index (χ1v) is 10.0. The van der Waals surface area contributed by atoms with Gasteiger partial charge in [0.25, 0.3) is 11.5 Å². The molecule has 0 saturated carbocycles. The summed E-state index contributed by atoms with van der Waals surface area (Å²) in [5, 5.41) is 13.5. The molecule has 0 aliphatic carbocycles. The van der Waals surface area contributed by atoms with Crippen molar-refractivity contribution in [1.29, 1.82) is 0 Å². The van der Waals surface area contributed by atoms with E-state index in [1.807, 2.05) is 17.6 Å². The molecule has 2 aliphatic rings. The third kappa shape index (κ3) is 3.00. The van der Waals surface area contributed by atoms with E-state index in [1.165, 1.54) is 6.20 Å². The number of carbonyl (C=O) groups is 1. The Labute approximate surface area is 172 Å². The minimum Gasteiger partial charge on any atom is -0.375 e. The van der Waals surface area contributed by atoms with Crippen LogP contribution in [-0.4, -0.2) is 44.8 Å². The summed E-state index contributed by atoms with van der Waals surface area (Å²) < 4.78 is 9.26. The summed E-state index contributed by atoms with van der Waals surface area (Å²) >= 11 is 0. The molecule has 5 heterocycles. The number of pyridine rings is 1. The maximum Gasteiger partial charge on any atom is 0.274 e. The maximum absolute atomic E-state index is 13.0. The van der Waals surface area contributed by atoms with Gasteiger partial charge in [0.1, 0.15) is 22.9 Å². The van der Waals surface area contributed by atoms with Crippen LogP contribution < -0.4 is 21.5 Å². The fraction of sp³-hybridized carbons (Fsp3) is 0.400. The Hall–Kier alpha value is -3.40. The van der Waals surface area contributed by atoms with Gasteiger partial charge in [-0.05, 0) is 31.4 Å². The van der Waals surface area contributed by atoms with Crippen LogP contribution in [0.1, 0.15) is 35.0 Å². The predicted octanol–water partition coefficient (Wildman–Crippen LogP) is 1.27. The molecular formula is C20H23N7O3. The molecule has 0 unspecified atom stereocenters. The quantitative estimate of drug-likeness (QED) is 0.554. The molecule has 10 nitrogen and oxygen atoms in total. The van der Waals surface area contributed by atoms with Crippen molar-refractivity contribution in [2.45, 2.75) is 39.0 Å². The van der Waals surface area contributed by atoms with E-state index < -0.39 is 0 Å². The number of aromatic nitrogens is 4. The highest BCUT2D eigenvalue weighted by atomic mass is 16.5. The monoisotopic (exact) mass is 409 g/mol. The minimum absolute atomic E-state index is 0.0779. The van der Waals surface area contributed by atoms with Crippen LogP contribution in [0.3, 0.4) is 0 Å². The molecule has 4 bridgehead atoms. The first kappa shape index (κ1) is 18.6. The van der Waals surface area contributed by atoms with Gasteiger partial charge in [-0.3, -0.25) is 9.59 Å². The zero-order valence-corrected chi connectivity index (χ0v) is 16.9. The van der Waals surface area contributed by atoms with Crippen molar-refractivity contribution < 1.29 is 9.53 Å². The molecule has 5 rings (SSSR count). The lowest BCUT2D eigenvalue weighted by Gasteiger charge is -2.18. The van der Waals surface area contributed by atoms with Crippen molar-refractivity contribution in [3.8, 4) is 0 Å². The lowest BCUT2D eigenvalue weighted by Crippen LogP contribution is -2.36. The van der Waals surface area contributed by atoms with Gasteiger partial charge in [0.2, 0.25) is 0 Å². The minimum atomic E-state index is -0.274. The van der Waals surface area contributed by atoms with Crippen molar-refractivity contribution in [2.24, 2.45) is 0 Å². The van der Waals surface area contributed by atoms with Gasteiger partial charge in [0, 0.05) is 31.4 Å². The second kappa shape index (κ2) is 7.13. The van der Waals surface area contributed by atoms with E-state index in [1.54, 1.807) is 17.6 Å². The maximum atomic E-state index is 13.0. The largest absolute Gasteiger partial charge is 0.375 e. The third-order valence-corrected chi connectivity index (χ3v) is 5.52. The van der Waals surface area contributed by atoms with Gasteiger partial charge in [-0.25, -0.2) is 4.98 Å². The molecule has 0 fully saturated rings. The number of hydrogen-bond acceptors (Lipinski definition) is 7. The second-order valence-electron chi connectivity index (χ2n) is 7.68. The molecule has 0 radical (unpaired) electrons. The molecule has 3 aromatic heterocycles. The van der Waals surface area contributed by atoms with Gasteiger partial charge in [-0.2, -0.15) is 9.61 Å². The smallest absolute Gasteiger partial charge is 0.274 e. The summed E-state index contributed by atoms with van der Waals surface area (Å²) in [6.45, 7) is 3.31. The van der Waals surface area contributed by atoms with Crippen LogP contribution >= 0.6 is 0 Å². The highest BCUT2D eigenvalue weighted by Crippen LogP contribution is 2.25. The van der Waals surface area contributed by atoms with E-state index in [2.05, 4.69) is 26.0 Å². The van der Waals surface area contributed by atoms with Crippen LogP contribution in [0.4, 0.5) is 17.3 Å². The second-order valence-corrected chi connectivity index (χ2v) is 7.68. The van der Waals surface area contributed by atoms with Crippen LogP contribution in [0.2, 0.25) is 0 Å². The van der Waals surface area contributed by atoms with Crippen molar-refractivity contribution >= 4 is 28.9 Å².